The Bertz CT molecular complexity index is 578. The van der Waals surface area contributed by atoms with E-state index in [0.717, 1.165) is 11.3 Å². The molecule has 0 radical (unpaired) electrons. The number of para-hydroxylation sites is 2. The van der Waals surface area contributed by atoms with E-state index in [1.807, 2.05) is 49.4 Å². The average Bonchev–Trinajstić information content (AvgIpc) is 2.38. The minimum atomic E-state index is -0.0500. The Balaban J connectivity index is 2.36. The Morgan fingerprint density at radius 2 is 1.67 bits per heavy atom. The van der Waals surface area contributed by atoms with Gasteiger partial charge in [-0.05, 0) is 30.7 Å². The topological polar surface area (TPSA) is 46.3 Å². The highest BCUT2D eigenvalue weighted by Gasteiger charge is 2.16. The van der Waals surface area contributed by atoms with Crippen LogP contribution in [0.5, 0.6) is 0 Å². The van der Waals surface area contributed by atoms with Crippen molar-refractivity contribution in [2.24, 2.45) is 0 Å². The minimum Gasteiger partial charge on any atom is -0.397 e. The SMILES string of the molecule is Cc1ccccc1C(=O)N(C)c1ccccc1N. The smallest absolute Gasteiger partial charge is 0.258 e. The number of aryl methyl sites for hydroxylation is 1. The van der Waals surface area contributed by atoms with Crippen molar-refractivity contribution in [3.05, 3.63) is 59.7 Å². The quantitative estimate of drug-likeness (QED) is 0.820. The van der Waals surface area contributed by atoms with Gasteiger partial charge in [-0.1, -0.05) is 30.3 Å². The first kappa shape index (κ1) is 12.2. The number of hydrogen-bond donors (Lipinski definition) is 1. The Morgan fingerprint density at radius 1 is 1.06 bits per heavy atom. The van der Waals surface area contributed by atoms with E-state index >= 15 is 0 Å². The zero-order valence-electron chi connectivity index (χ0n) is 10.6. The maximum absolute atomic E-state index is 12.4. The monoisotopic (exact) mass is 240 g/mol. The second-order valence-electron chi connectivity index (χ2n) is 4.24. The molecular formula is C15H16N2O. The lowest BCUT2D eigenvalue weighted by Crippen LogP contribution is -2.27. The van der Waals surface area contributed by atoms with Gasteiger partial charge in [0.25, 0.3) is 5.91 Å². The molecule has 0 fully saturated rings. The Morgan fingerprint density at radius 3 is 2.33 bits per heavy atom. The molecule has 0 atom stereocenters. The molecular weight excluding hydrogens is 224 g/mol. The molecule has 0 unspecified atom stereocenters. The summed E-state index contributed by atoms with van der Waals surface area (Å²) in [6, 6.07) is 14.9. The van der Waals surface area contributed by atoms with Gasteiger partial charge in [0.1, 0.15) is 0 Å². The Kier molecular flexibility index (Phi) is 3.33. The fourth-order valence-electron chi connectivity index (χ4n) is 1.90. The summed E-state index contributed by atoms with van der Waals surface area (Å²) in [4.78, 5) is 14.0. The third-order valence-corrected chi connectivity index (χ3v) is 2.98. The first-order valence-electron chi connectivity index (χ1n) is 5.79. The first-order chi connectivity index (χ1) is 8.61. The molecule has 2 aromatic rings. The molecule has 0 saturated carbocycles. The van der Waals surface area contributed by atoms with Gasteiger partial charge in [0.05, 0.1) is 11.4 Å². The lowest BCUT2D eigenvalue weighted by Gasteiger charge is -2.20. The summed E-state index contributed by atoms with van der Waals surface area (Å²) in [5.74, 6) is -0.0500. The normalized spacial score (nSPS) is 10.1. The van der Waals surface area contributed by atoms with Gasteiger partial charge in [0.2, 0.25) is 0 Å². The molecule has 0 saturated heterocycles. The standard InChI is InChI=1S/C15H16N2O/c1-11-7-3-4-8-12(11)15(18)17(2)14-10-6-5-9-13(14)16/h3-10H,16H2,1-2H3. The van der Waals surface area contributed by atoms with Crippen LogP contribution < -0.4 is 10.6 Å². The van der Waals surface area contributed by atoms with Crippen LogP contribution in [0.3, 0.4) is 0 Å². The Labute approximate surface area is 107 Å². The zero-order chi connectivity index (χ0) is 13.1. The number of amides is 1. The second kappa shape index (κ2) is 4.92. The van der Waals surface area contributed by atoms with Gasteiger partial charge in [-0.15, -0.1) is 0 Å². The molecule has 0 aromatic heterocycles. The number of nitrogens with two attached hydrogens (primary N) is 1. The van der Waals surface area contributed by atoms with E-state index in [1.165, 1.54) is 0 Å². The van der Waals surface area contributed by atoms with Crippen LogP contribution in [0, 0.1) is 6.92 Å². The molecule has 0 aliphatic carbocycles. The van der Waals surface area contributed by atoms with Crippen molar-refractivity contribution in [2.45, 2.75) is 6.92 Å². The van der Waals surface area contributed by atoms with E-state index in [0.29, 0.717) is 11.3 Å². The van der Waals surface area contributed by atoms with Gasteiger partial charge in [-0.2, -0.15) is 0 Å². The maximum Gasteiger partial charge on any atom is 0.258 e. The number of anilines is 2. The largest absolute Gasteiger partial charge is 0.397 e. The van der Waals surface area contributed by atoms with Crippen LogP contribution in [0.25, 0.3) is 0 Å². The van der Waals surface area contributed by atoms with Gasteiger partial charge in [-0.3, -0.25) is 4.79 Å². The van der Waals surface area contributed by atoms with Crippen LogP contribution in [-0.2, 0) is 0 Å². The highest BCUT2D eigenvalue weighted by atomic mass is 16.2. The molecule has 1 amide bonds. The highest BCUT2D eigenvalue weighted by molar-refractivity contribution is 6.08. The molecule has 0 bridgehead atoms. The molecule has 3 heteroatoms. The van der Waals surface area contributed by atoms with E-state index < -0.39 is 0 Å². The molecule has 0 aliphatic heterocycles. The van der Waals surface area contributed by atoms with Crippen molar-refractivity contribution >= 4 is 17.3 Å². The lowest BCUT2D eigenvalue weighted by atomic mass is 10.1. The van der Waals surface area contributed by atoms with E-state index in [-0.39, 0.29) is 5.91 Å². The fraction of sp³-hybridized carbons (Fsp3) is 0.133. The van der Waals surface area contributed by atoms with Crippen molar-refractivity contribution in [3.8, 4) is 0 Å². The molecule has 0 aliphatic rings. The van der Waals surface area contributed by atoms with Gasteiger partial charge in [0.15, 0.2) is 0 Å². The predicted molar refractivity (Wildman–Crippen MR) is 74.8 cm³/mol. The number of carbonyl (C=O) groups is 1. The summed E-state index contributed by atoms with van der Waals surface area (Å²) in [6.45, 7) is 1.93. The fourth-order valence-corrected chi connectivity index (χ4v) is 1.90. The number of hydrogen-bond acceptors (Lipinski definition) is 2. The van der Waals surface area contributed by atoms with Gasteiger partial charge < -0.3 is 10.6 Å². The number of nitrogen functional groups attached to an aromatic ring is 1. The number of carbonyl (C=O) groups excluding carboxylic acids is 1. The van der Waals surface area contributed by atoms with E-state index in [4.69, 9.17) is 5.73 Å². The number of benzene rings is 2. The summed E-state index contributed by atoms with van der Waals surface area (Å²) in [5.41, 5.74) is 8.87. The molecule has 2 N–H and O–H groups in total. The van der Waals surface area contributed by atoms with Crippen LogP contribution in [0.4, 0.5) is 11.4 Å². The van der Waals surface area contributed by atoms with Crippen molar-refractivity contribution in [1.29, 1.82) is 0 Å². The van der Waals surface area contributed by atoms with E-state index in [1.54, 1.807) is 18.0 Å². The van der Waals surface area contributed by atoms with E-state index in [9.17, 15) is 4.79 Å². The van der Waals surface area contributed by atoms with Gasteiger partial charge >= 0.3 is 0 Å². The van der Waals surface area contributed by atoms with Crippen LogP contribution in [0.2, 0.25) is 0 Å². The highest BCUT2D eigenvalue weighted by Crippen LogP contribution is 2.23. The summed E-state index contributed by atoms with van der Waals surface area (Å²) >= 11 is 0. The summed E-state index contributed by atoms with van der Waals surface area (Å²) < 4.78 is 0. The maximum atomic E-state index is 12.4. The summed E-state index contributed by atoms with van der Waals surface area (Å²) in [6.07, 6.45) is 0. The molecule has 2 rings (SSSR count). The third kappa shape index (κ3) is 2.20. The lowest BCUT2D eigenvalue weighted by molar-refractivity contribution is 0.0992. The molecule has 18 heavy (non-hydrogen) atoms. The van der Waals surface area contributed by atoms with Gasteiger partial charge in [0, 0.05) is 12.6 Å². The second-order valence-corrected chi connectivity index (χ2v) is 4.24. The first-order valence-corrected chi connectivity index (χ1v) is 5.79. The van der Waals surface area contributed by atoms with Crippen molar-refractivity contribution in [3.63, 3.8) is 0 Å². The minimum absolute atomic E-state index is 0.0500. The average molecular weight is 240 g/mol. The molecule has 3 nitrogen and oxygen atoms in total. The summed E-state index contributed by atoms with van der Waals surface area (Å²) in [7, 11) is 1.74. The number of nitrogens with zero attached hydrogens (tertiary/aromatic N) is 1. The molecule has 92 valence electrons. The summed E-state index contributed by atoms with van der Waals surface area (Å²) in [5, 5.41) is 0. The van der Waals surface area contributed by atoms with Crippen molar-refractivity contribution in [1.82, 2.24) is 0 Å². The van der Waals surface area contributed by atoms with Crippen molar-refractivity contribution < 1.29 is 4.79 Å². The van der Waals surface area contributed by atoms with Crippen LogP contribution in [0.15, 0.2) is 48.5 Å². The van der Waals surface area contributed by atoms with E-state index in [2.05, 4.69) is 0 Å². The molecule has 0 heterocycles. The van der Waals surface area contributed by atoms with Crippen molar-refractivity contribution in [2.75, 3.05) is 17.7 Å². The molecule has 2 aromatic carbocycles. The van der Waals surface area contributed by atoms with Crippen LogP contribution >= 0.6 is 0 Å². The van der Waals surface area contributed by atoms with Crippen LogP contribution in [-0.4, -0.2) is 13.0 Å². The van der Waals surface area contributed by atoms with Crippen LogP contribution in [0.1, 0.15) is 15.9 Å². The Hall–Kier alpha value is -2.29. The van der Waals surface area contributed by atoms with Gasteiger partial charge in [-0.25, -0.2) is 0 Å². The zero-order valence-corrected chi connectivity index (χ0v) is 10.6. The predicted octanol–water partition coefficient (Wildman–Crippen LogP) is 2.85. The third-order valence-electron chi connectivity index (χ3n) is 2.98. The molecule has 0 spiro atoms. The number of rotatable bonds is 2.